The van der Waals surface area contributed by atoms with Gasteiger partial charge in [-0.25, -0.2) is 4.79 Å². The smallest absolute Gasteiger partial charge is 0.331 e. The molecule has 0 spiro atoms. The van der Waals surface area contributed by atoms with E-state index in [2.05, 4.69) is 5.32 Å². The Morgan fingerprint density at radius 3 is 2.71 bits per heavy atom. The molecule has 1 aliphatic carbocycles. The highest BCUT2D eigenvalue weighted by molar-refractivity contribution is 5.94. The Bertz CT molecular complexity index is 935. The molecule has 0 unspecified atom stereocenters. The van der Waals surface area contributed by atoms with Crippen molar-refractivity contribution in [3.8, 4) is 11.5 Å². The van der Waals surface area contributed by atoms with Gasteiger partial charge in [0.2, 0.25) is 0 Å². The molecule has 1 heterocycles. The minimum absolute atomic E-state index is 0.332. The second-order valence-corrected chi connectivity index (χ2v) is 6.73. The van der Waals surface area contributed by atoms with Crippen molar-refractivity contribution in [2.45, 2.75) is 19.3 Å². The maximum Gasteiger partial charge on any atom is 0.331 e. The van der Waals surface area contributed by atoms with Crippen LogP contribution in [0.4, 0.5) is 5.69 Å². The molecule has 0 atom stereocenters. The highest BCUT2D eigenvalue weighted by Crippen LogP contribution is 2.31. The quantitative estimate of drug-likeness (QED) is 0.638. The highest BCUT2D eigenvalue weighted by Gasteiger charge is 2.13. The summed E-state index contributed by atoms with van der Waals surface area (Å²) < 4.78 is 16.0. The van der Waals surface area contributed by atoms with Crippen LogP contribution in [0.25, 0.3) is 6.08 Å². The molecule has 2 aromatic rings. The third kappa shape index (κ3) is 4.34. The van der Waals surface area contributed by atoms with E-state index in [1.54, 1.807) is 18.2 Å². The molecule has 0 bridgehead atoms. The maximum atomic E-state index is 12.0. The SMILES string of the molecule is O=C(COC(=O)C=Cc1ccc2c(c1)OCCO2)Nc1ccc2c(c1)CCC2. The summed E-state index contributed by atoms with van der Waals surface area (Å²) in [7, 11) is 0. The van der Waals surface area contributed by atoms with Crippen LogP contribution < -0.4 is 14.8 Å². The first kappa shape index (κ1) is 18.1. The fourth-order valence-corrected chi connectivity index (χ4v) is 3.36. The lowest BCUT2D eigenvalue weighted by Gasteiger charge is -2.18. The minimum atomic E-state index is -0.584. The fourth-order valence-electron chi connectivity index (χ4n) is 3.36. The first-order valence-corrected chi connectivity index (χ1v) is 9.33. The lowest BCUT2D eigenvalue weighted by atomic mass is 10.1. The zero-order valence-electron chi connectivity index (χ0n) is 15.4. The van der Waals surface area contributed by atoms with E-state index in [1.165, 1.54) is 17.2 Å². The number of amides is 1. The van der Waals surface area contributed by atoms with E-state index in [1.807, 2.05) is 24.3 Å². The lowest BCUT2D eigenvalue weighted by molar-refractivity contribution is -0.142. The zero-order valence-corrected chi connectivity index (χ0v) is 15.4. The number of hydrogen-bond acceptors (Lipinski definition) is 5. The second-order valence-electron chi connectivity index (χ2n) is 6.73. The van der Waals surface area contributed by atoms with Crippen LogP contribution in [0.5, 0.6) is 11.5 Å². The fraction of sp³-hybridized carbons (Fsp3) is 0.273. The molecule has 1 N–H and O–H groups in total. The molecule has 0 fully saturated rings. The van der Waals surface area contributed by atoms with Crippen molar-refractivity contribution in [1.29, 1.82) is 0 Å². The van der Waals surface area contributed by atoms with Gasteiger partial charge < -0.3 is 19.5 Å². The number of benzene rings is 2. The predicted octanol–water partition coefficient (Wildman–Crippen LogP) is 3.14. The van der Waals surface area contributed by atoms with Gasteiger partial charge >= 0.3 is 5.97 Å². The lowest BCUT2D eigenvalue weighted by Crippen LogP contribution is -2.20. The van der Waals surface area contributed by atoms with Gasteiger partial charge in [-0.15, -0.1) is 0 Å². The van der Waals surface area contributed by atoms with Crippen LogP contribution in [0.2, 0.25) is 0 Å². The Labute approximate surface area is 163 Å². The molecule has 0 aromatic heterocycles. The molecule has 6 nitrogen and oxygen atoms in total. The van der Waals surface area contributed by atoms with Gasteiger partial charge in [0.25, 0.3) is 5.91 Å². The van der Waals surface area contributed by atoms with Crippen LogP contribution in [0.15, 0.2) is 42.5 Å². The van der Waals surface area contributed by atoms with Gasteiger partial charge in [-0.3, -0.25) is 4.79 Å². The van der Waals surface area contributed by atoms with E-state index in [4.69, 9.17) is 14.2 Å². The summed E-state index contributed by atoms with van der Waals surface area (Å²) in [5, 5.41) is 2.76. The number of fused-ring (bicyclic) bond motifs is 2. The average Bonchev–Trinajstić information content (AvgIpc) is 3.18. The number of ether oxygens (including phenoxy) is 3. The number of carbonyl (C=O) groups excluding carboxylic acids is 2. The van der Waals surface area contributed by atoms with Gasteiger partial charge in [-0.05, 0) is 66.3 Å². The van der Waals surface area contributed by atoms with Crippen molar-refractivity contribution in [2.75, 3.05) is 25.1 Å². The molecule has 4 rings (SSSR count). The first-order chi connectivity index (χ1) is 13.7. The van der Waals surface area contributed by atoms with Crippen LogP contribution in [0.3, 0.4) is 0 Å². The van der Waals surface area contributed by atoms with E-state index in [0.717, 1.165) is 30.5 Å². The van der Waals surface area contributed by atoms with Crippen LogP contribution in [0.1, 0.15) is 23.1 Å². The summed E-state index contributed by atoms with van der Waals surface area (Å²) in [6.07, 6.45) is 6.18. The van der Waals surface area contributed by atoms with E-state index in [9.17, 15) is 9.59 Å². The number of hydrogen-bond donors (Lipinski definition) is 1. The van der Waals surface area contributed by atoms with E-state index >= 15 is 0 Å². The molecule has 1 amide bonds. The molecule has 2 aromatic carbocycles. The van der Waals surface area contributed by atoms with Crippen molar-refractivity contribution in [3.05, 3.63) is 59.2 Å². The molecular formula is C22H21NO5. The monoisotopic (exact) mass is 379 g/mol. The van der Waals surface area contributed by atoms with Crippen molar-refractivity contribution < 1.29 is 23.8 Å². The first-order valence-electron chi connectivity index (χ1n) is 9.33. The largest absolute Gasteiger partial charge is 0.486 e. The molecule has 0 saturated heterocycles. The van der Waals surface area contributed by atoms with Crippen LogP contribution >= 0.6 is 0 Å². The van der Waals surface area contributed by atoms with E-state index in [0.29, 0.717) is 24.7 Å². The van der Waals surface area contributed by atoms with Gasteiger partial charge in [0.1, 0.15) is 13.2 Å². The number of anilines is 1. The molecule has 6 heteroatoms. The Morgan fingerprint density at radius 2 is 1.82 bits per heavy atom. The summed E-state index contributed by atoms with van der Waals surface area (Å²) in [5.74, 6) is 0.391. The Balaban J connectivity index is 1.27. The average molecular weight is 379 g/mol. The normalized spacial score (nSPS) is 14.6. The van der Waals surface area contributed by atoms with Crippen molar-refractivity contribution in [1.82, 2.24) is 0 Å². The summed E-state index contributed by atoms with van der Waals surface area (Å²) in [6.45, 7) is 0.699. The third-order valence-electron chi connectivity index (χ3n) is 4.71. The van der Waals surface area contributed by atoms with Crippen LogP contribution in [-0.4, -0.2) is 31.7 Å². The third-order valence-corrected chi connectivity index (χ3v) is 4.71. The van der Waals surface area contributed by atoms with Crippen molar-refractivity contribution in [2.24, 2.45) is 0 Å². The molecular weight excluding hydrogens is 358 g/mol. The van der Waals surface area contributed by atoms with Gasteiger partial charge in [-0.1, -0.05) is 12.1 Å². The minimum Gasteiger partial charge on any atom is -0.486 e. The number of nitrogens with one attached hydrogen (secondary N) is 1. The molecule has 2 aliphatic rings. The summed E-state index contributed by atoms with van der Waals surface area (Å²) in [4.78, 5) is 23.9. The molecule has 28 heavy (non-hydrogen) atoms. The van der Waals surface area contributed by atoms with Crippen molar-refractivity contribution >= 4 is 23.6 Å². The Kier molecular flexibility index (Phi) is 5.28. The number of rotatable bonds is 5. The maximum absolute atomic E-state index is 12.0. The molecule has 0 saturated carbocycles. The number of carbonyl (C=O) groups is 2. The summed E-state index contributed by atoms with van der Waals surface area (Å²) in [6, 6.07) is 11.3. The molecule has 1 aliphatic heterocycles. The molecule has 144 valence electrons. The standard InChI is InChI=1S/C22H21NO5/c24-21(23-18-7-6-16-2-1-3-17(16)13-18)14-28-22(25)9-5-15-4-8-19-20(12-15)27-11-10-26-19/h4-9,12-13H,1-3,10-11,14H2,(H,23,24). The van der Waals surface area contributed by atoms with Gasteiger partial charge in [0.05, 0.1) is 0 Å². The Hall–Kier alpha value is -3.28. The van der Waals surface area contributed by atoms with Gasteiger partial charge in [-0.2, -0.15) is 0 Å². The van der Waals surface area contributed by atoms with E-state index in [-0.39, 0.29) is 12.5 Å². The predicted molar refractivity (Wildman–Crippen MR) is 105 cm³/mol. The second kappa shape index (κ2) is 8.17. The highest BCUT2D eigenvalue weighted by atomic mass is 16.6. The van der Waals surface area contributed by atoms with Crippen molar-refractivity contribution in [3.63, 3.8) is 0 Å². The zero-order chi connectivity index (χ0) is 19.3. The molecule has 0 radical (unpaired) electrons. The van der Waals surface area contributed by atoms with Crippen LogP contribution in [-0.2, 0) is 27.2 Å². The Morgan fingerprint density at radius 1 is 1.00 bits per heavy atom. The topological polar surface area (TPSA) is 73.9 Å². The van der Waals surface area contributed by atoms with Crippen LogP contribution in [0, 0.1) is 0 Å². The summed E-state index contributed by atoms with van der Waals surface area (Å²) in [5.41, 5.74) is 4.13. The van der Waals surface area contributed by atoms with E-state index < -0.39 is 5.97 Å². The summed E-state index contributed by atoms with van der Waals surface area (Å²) >= 11 is 0. The van der Waals surface area contributed by atoms with Gasteiger partial charge in [0.15, 0.2) is 18.1 Å². The number of aryl methyl sites for hydroxylation is 2. The number of esters is 1. The van der Waals surface area contributed by atoms with Gasteiger partial charge in [0, 0.05) is 11.8 Å².